The second-order valence-electron chi connectivity index (χ2n) is 19.2. The molecule has 0 bridgehead atoms. The molecule has 2 saturated heterocycles. The van der Waals surface area contributed by atoms with Crippen molar-refractivity contribution < 1.29 is 74.5 Å². The summed E-state index contributed by atoms with van der Waals surface area (Å²) in [4.78, 5) is 57.2. The lowest BCUT2D eigenvalue weighted by Gasteiger charge is -2.39. The highest BCUT2D eigenvalue weighted by Crippen LogP contribution is 2.33. The number of ether oxygens (including phenoxy) is 4. The third kappa shape index (κ3) is 14.3. The zero-order valence-electron chi connectivity index (χ0n) is 43.6. The Morgan fingerprint density at radius 2 is 1.02 bits per heavy atom. The summed E-state index contributed by atoms with van der Waals surface area (Å²) in [6.45, 7) is 1.86. The van der Waals surface area contributed by atoms with Crippen LogP contribution in [0.5, 0.6) is 11.5 Å². The number of hydrogen-bond acceptors (Lipinski definition) is 19. The van der Waals surface area contributed by atoms with Crippen LogP contribution in [0.3, 0.4) is 0 Å². The van der Waals surface area contributed by atoms with Gasteiger partial charge < -0.3 is 85.1 Å². The lowest BCUT2D eigenvalue weighted by atomic mass is 9.99. The molecule has 0 spiro atoms. The number of amides is 1. The number of carbonyl (C=O) groups excluding carboxylic acids is 1. The summed E-state index contributed by atoms with van der Waals surface area (Å²) in [5.74, 6) is -0.729. The maximum atomic E-state index is 13.2. The van der Waals surface area contributed by atoms with Crippen molar-refractivity contribution in [2.75, 3.05) is 24.3 Å². The third-order valence-electron chi connectivity index (χ3n) is 13.4. The molecule has 2 aliphatic heterocycles. The van der Waals surface area contributed by atoms with Crippen LogP contribution in [0.1, 0.15) is 18.6 Å². The lowest BCUT2D eigenvalue weighted by Crippen LogP contribution is -2.60. The smallest absolute Gasteiger partial charge is 0.323 e. The number of nitrogens with zero attached hydrogens (tertiary/aromatic N) is 4. The van der Waals surface area contributed by atoms with E-state index < -0.39 is 92.7 Å². The second-order valence-corrected chi connectivity index (χ2v) is 19.2. The number of carboxylic acid groups (broad SMARTS) is 1. The Kier molecular flexibility index (Phi) is 20.4. The average molecular weight is 1130 g/mol. The first-order valence-electron chi connectivity index (χ1n) is 25.3. The second kappa shape index (κ2) is 27.3. The van der Waals surface area contributed by atoms with E-state index in [-0.39, 0.29) is 25.4 Å². The normalized spacial score (nSPS) is 22.1. The summed E-state index contributed by atoms with van der Waals surface area (Å²) < 4.78 is 24.8. The minimum Gasteiger partial charge on any atom is -0.480 e. The zero-order valence-corrected chi connectivity index (χ0v) is 43.6. The van der Waals surface area contributed by atoms with Crippen molar-refractivity contribution in [2.24, 2.45) is 0 Å². The quantitative estimate of drug-likeness (QED) is 0.0790. The fourth-order valence-electron chi connectivity index (χ4n) is 8.98. The number of aliphatic hydroxyl groups is 8. The molecule has 4 aromatic carbocycles. The summed E-state index contributed by atoms with van der Waals surface area (Å²) in [5, 5.41) is 93.1. The SMILES string of the molecule is C.Cc1cc(-c2ccc3ccn(CC(=O)Nc4cccnc4)c(=O)c3c2)ccc1OC1OC(CO)C(O)C(O)C1O.Cc1cc(-c2ccc3ccn(CC(=O)O)c(=O)c3c2)ccc1OC1OC(CO)C(O)C(O)C1O.Nc1cccnc1. The van der Waals surface area contributed by atoms with E-state index in [0.717, 1.165) is 32.2 Å². The van der Waals surface area contributed by atoms with Gasteiger partial charge in [-0.1, -0.05) is 43.8 Å². The molecule has 6 heterocycles. The number of hydrogen-bond donors (Lipinski definition) is 11. The van der Waals surface area contributed by atoms with Crippen LogP contribution in [0.2, 0.25) is 0 Å². The summed E-state index contributed by atoms with van der Waals surface area (Å²) in [6, 6.07) is 31.8. The van der Waals surface area contributed by atoms with Crippen molar-refractivity contribution in [3.63, 3.8) is 0 Å². The van der Waals surface area contributed by atoms with Gasteiger partial charge in [0.2, 0.25) is 18.5 Å². The third-order valence-corrected chi connectivity index (χ3v) is 13.4. The Balaban J connectivity index is 0.000000210. The average Bonchev–Trinajstić information content (AvgIpc) is 3.44. The van der Waals surface area contributed by atoms with Crippen molar-refractivity contribution in [3.8, 4) is 33.8 Å². The van der Waals surface area contributed by atoms with Gasteiger partial charge in [-0.25, -0.2) is 0 Å². The van der Waals surface area contributed by atoms with Crippen LogP contribution in [0, 0.1) is 13.8 Å². The van der Waals surface area contributed by atoms with Crippen LogP contribution in [0.25, 0.3) is 43.8 Å². The molecule has 1 amide bonds. The Morgan fingerprint density at radius 3 is 1.41 bits per heavy atom. The van der Waals surface area contributed by atoms with Gasteiger partial charge in [0.15, 0.2) is 0 Å². The first-order valence-corrected chi connectivity index (χ1v) is 25.3. The summed E-state index contributed by atoms with van der Waals surface area (Å²) in [7, 11) is 0. The highest BCUT2D eigenvalue weighted by atomic mass is 16.7. The van der Waals surface area contributed by atoms with E-state index in [4.69, 9.17) is 29.8 Å². The van der Waals surface area contributed by atoms with Crippen molar-refractivity contribution >= 4 is 44.8 Å². The number of anilines is 2. The molecule has 12 N–H and O–H groups in total. The molecular weight excluding hydrogens is 1060 g/mol. The highest BCUT2D eigenvalue weighted by molar-refractivity contribution is 5.91. The Labute approximate surface area is 468 Å². The standard InChI is InChI=1S/C29H29N3O8.C24H25NO9.C5H6N2.CH4/c1-16-11-18(6-7-22(16)39-29-27(37)26(36)25(35)23(15-33)40-29)19-5-4-17-8-10-32(28(38)21(17)12-19)14-24(34)31-20-3-2-9-30-13-20;1-12-8-14(4-5-17(12)33-24-22(31)21(30)20(29)18(11-26)34-24)15-3-2-13-6-7-25(10-19(27)28)23(32)16(13)9-15;6-5-2-1-3-7-4-5;/h2-13,23,25-27,29,33,35-37H,14-15H2,1H3,(H,31,34);2-9,18,20-22,24,26,29-31H,10-11H2,1H3,(H,27,28);1-4H,6H2;1H4. The number of aliphatic carboxylic acids is 1. The molecule has 2 aliphatic rings. The number of pyridine rings is 4. The minimum atomic E-state index is -1.54. The van der Waals surface area contributed by atoms with E-state index >= 15 is 0 Å². The largest absolute Gasteiger partial charge is 0.480 e. The fourth-order valence-corrected chi connectivity index (χ4v) is 8.98. The van der Waals surface area contributed by atoms with Gasteiger partial charge in [0, 0.05) is 41.8 Å². The van der Waals surface area contributed by atoms with Crippen LogP contribution in [-0.4, -0.2) is 152 Å². The van der Waals surface area contributed by atoms with E-state index in [2.05, 4.69) is 15.3 Å². The van der Waals surface area contributed by atoms with Gasteiger partial charge >= 0.3 is 5.97 Å². The van der Waals surface area contributed by atoms with Gasteiger partial charge in [-0.05, 0) is 131 Å². The number of aromatic nitrogens is 4. The van der Waals surface area contributed by atoms with Gasteiger partial charge in [0.25, 0.3) is 11.1 Å². The Bertz CT molecular complexity index is 3600. The van der Waals surface area contributed by atoms with Crippen LogP contribution >= 0.6 is 0 Å². The number of carboxylic acids is 1. The molecule has 10 rings (SSSR count). The number of aliphatic hydroxyl groups excluding tert-OH is 8. The highest BCUT2D eigenvalue weighted by Gasteiger charge is 2.46. The number of nitrogens with two attached hydrogens (primary N) is 1. The van der Waals surface area contributed by atoms with Crippen LogP contribution in [-0.2, 0) is 32.2 Å². The summed E-state index contributed by atoms with van der Waals surface area (Å²) in [5.41, 5.74) is 10.3. The predicted molar refractivity (Wildman–Crippen MR) is 301 cm³/mol. The lowest BCUT2D eigenvalue weighted by molar-refractivity contribution is -0.277. The number of nitrogen functional groups attached to an aromatic ring is 1. The monoisotopic (exact) mass is 1130 g/mol. The van der Waals surface area contributed by atoms with Crippen molar-refractivity contribution in [2.45, 2.75) is 95.8 Å². The predicted octanol–water partition coefficient (Wildman–Crippen LogP) is 2.73. The molecule has 432 valence electrons. The van der Waals surface area contributed by atoms with Crippen molar-refractivity contribution in [3.05, 3.63) is 178 Å². The number of rotatable bonds is 13. The van der Waals surface area contributed by atoms with E-state index in [9.17, 15) is 60.0 Å². The first kappa shape index (κ1) is 61.2. The van der Waals surface area contributed by atoms with Gasteiger partial charge in [-0.15, -0.1) is 0 Å². The number of carbonyl (C=O) groups is 2. The minimum absolute atomic E-state index is 0. The van der Waals surface area contributed by atoms with Crippen molar-refractivity contribution in [1.82, 2.24) is 19.1 Å². The number of benzene rings is 4. The molecule has 0 saturated carbocycles. The number of fused-ring (bicyclic) bond motifs is 2. The molecule has 0 aliphatic carbocycles. The van der Waals surface area contributed by atoms with E-state index in [1.807, 2.05) is 24.3 Å². The van der Waals surface area contributed by atoms with Crippen LogP contribution < -0.4 is 31.6 Å². The molecule has 4 aromatic heterocycles. The molecule has 8 aromatic rings. The van der Waals surface area contributed by atoms with Gasteiger partial charge in [0.05, 0.1) is 30.8 Å². The fraction of sp³-hybridized carbons (Fsp3) is 0.288. The first-order chi connectivity index (χ1) is 38.8. The van der Waals surface area contributed by atoms with E-state index in [1.54, 1.807) is 124 Å². The summed E-state index contributed by atoms with van der Waals surface area (Å²) >= 11 is 0. The Hall–Kier alpha value is -8.46. The van der Waals surface area contributed by atoms with Crippen molar-refractivity contribution in [1.29, 1.82) is 0 Å². The summed E-state index contributed by atoms with van der Waals surface area (Å²) in [6.07, 6.45) is -4.37. The molecule has 0 radical (unpaired) electrons. The van der Waals surface area contributed by atoms with E-state index in [1.165, 1.54) is 17.0 Å². The van der Waals surface area contributed by atoms with Gasteiger partial charge in [-0.3, -0.25) is 29.1 Å². The van der Waals surface area contributed by atoms with Crippen LogP contribution in [0.15, 0.2) is 156 Å². The van der Waals surface area contributed by atoms with E-state index in [0.29, 0.717) is 50.2 Å². The van der Waals surface area contributed by atoms with Gasteiger partial charge in [0.1, 0.15) is 73.4 Å². The maximum absolute atomic E-state index is 13.2. The maximum Gasteiger partial charge on any atom is 0.323 e. The molecule has 23 nitrogen and oxygen atoms in total. The molecule has 10 unspecified atom stereocenters. The molecule has 2 fully saturated rings. The topological polar surface area (TPSA) is 361 Å². The molecule has 82 heavy (non-hydrogen) atoms. The number of nitrogens with one attached hydrogen (secondary N) is 1. The van der Waals surface area contributed by atoms with Gasteiger partial charge in [-0.2, -0.15) is 0 Å². The molecular formula is C59H64N6O17. The zero-order chi connectivity index (χ0) is 58.1. The molecule has 23 heteroatoms. The van der Waals surface area contributed by atoms with Crippen LogP contribution in [0.4, 0.5) is 11.4 Å². The number of aryl methyl sites for hydroxylation is 2. The Morgan fingerprint density at radius 1 is 0.585 bits per heavy atom. The molecule has 10 atom stereocenters.